The zero-order chi connectivity index (χ0) is 22.5. The Labute approximate surface area is 202 Å². The van der Waals surface area contributed by atoms with Gasteiger partial charge in [0.2, 0.25) is 0 Å². The van der Waals surface area contributed by atoms with Crippen molar-refractivity contribution < 1.29 is 32.6 Å². The van der Waals surface area contributed by atoms with E-state index in [0.29, 0.717) is 0 Å². The third kappa shape index (κ3) is 7.66. The molecule has 0 saturated carbocycles. The van der Waals surface area contributed by atoms with Crippen molar-refractivity contribution in [3.8, 4) is 5.75 Å². The van der Waals surface area contributed by atoms with E-state index in [2.05, 4.69) is 10.0 Å². The predicted octanol–water partition coefficient (Wildman–Crippen LogP) is 1.87. The molecule has 0 saturated heterocycles. The van der Waals surface area contributed by atoms with E-state index in [-0.39, 0.29) is 51.5 Å². The van der Waals surface area contributed by atoms with Crippen molar-refractivity contribution in [1.82, 2.24) is 5.32 Å². The second-order valence-electron chi connectivity index (χ2n) is 7.34. The number of ether oxygens (including phenoxy) is 1. The number of anilines is 1. The average Bonchev–Trinajstić information content (AvgIpc) is 2.66. The van der Waals surface area contributed by atoms with E-state index in [1.165, 1.54) is 48.5 Å². The number of sulfonamides is 1. The molecule has 11 heteroatoms. The van der Waals surface area contributed by atoms with Crippen LogP contribution in [0.15, 0.2) is 53.4 Å². The smallest absolute Gasteiger partial charge is 0.322 e. The summed E-state index contributed by atoms with van der Waals surface area (Å²) < 4.78 is 32.9. The van der Waals surface area contributed by atoms with Gasteiger partial charge in [0.15, 0.2) is 0 Å². The first-order valence-electron chi connectivity index (χ1n) is 8.84. The van der Waals surface area contributed by atoms with E-state index in [1.54, 1.807) is 20.8 Å². The van der Waals surface area contributed by atoms with Crippen molar-refractivity contribution in [1.29, 1.82) is 0 Å². The SMILES string of the molecule is CC(C)(C)C(=O)Oc1ccc(S(=O)(=O)Nc2ccccc2C(=O)NCC(=O)O)cc1.[Na]. The Hall–Kier alpha value is -2.40. The molecule has 2 aromatic carbocycles. The number of carboxylic acids is 1. The molecule has 3 N–H and O–H groups in total. The molecule has 31 heavy (non-hydrogen) atoms. The number of carbonyl (C=O) groups excluding carboxylic acids is 2. The third-order valence-electron chi connectivity index (χ3n) is 3.77. The molecule has 2 rings (SSSR count). The minimum atomic E-state index is -4.06. The maximum atomic E-state index is 12.7. The zero-order valence-electron chi connectivity index (χ0n) is 17.6. The quantitative estimate of drug-likeness (QED) is 0.328. The van der Waals surface area contributed by atoms with Crippen molar-refractivity contribution in [2.24, 2.45) is 5.41 Å². The molecule has 0 fully saturated rings. The van der Waals surface area contributed by atoms with E-state index >= 15 is 0 Å². The fourth-order valence-corrected chi connectivity index (χ4v) is 3.25. The molecule has 0 aliphatic rings. The molecule has 0 bridgehead atoms. The maximum absolute atomic E-state index is 12.7. The van der Waals surface area contributed by atoms with Gasteiger partial charge in [0.25, 0.3) is 15.9 Å². The van der Waals surface area contributed by atoms with Crippen molar-refractivity contribution >= 4 is 63.1 Å². The summed E-state index contributed by atoms with van der Waals surface area (Å²) in [6.45, 7) is 4.49. The number of carbonyl (C=O) groups is 3. The van der Waals surface area contributed by atoms with Crippen LogP contribution >= 0.6 is 0 Å². The molecule has 0 aliphatic carbocycles. The fourth-order valence-electron chi connectivity index (χ4n) is 2.17. The summed E-state index contributed by atoms with van der Waals surface area (Å²) in [7, 11) is -4.06. The first-order valence-corrected chi connectivity index (χ1v) is 10.3. The van der Waals surface area contributed by atoms with Crippen LogP contribution in [0.2, 0.25) is 0 Å². The number of nitrogens with one attached hydrogen (secondary N) is 2. The normalized spacial score (nSPS) is 11.1. The minimum absolute atomic E-state index is 0. The Morgan fingerprint density at radius 1 is 1.00 bits per heavy atom. The van der Waals surface area contributed by atoms with Gasteiger partial charge in [-0.15, -0.1) is 0 Å². The molecule has 1 amide bonds. The topological polar surface area (TPSA) is 139 Å². The molecule has 0 aromatic heterocycles. The van der Waals surface area contributed by atoms with Crippen LogP contribution in [-0.2, 0) is 19.6 Å². The summed E-state index contributed by atoms with van der Waals surface area (Å²) in [4.78, 5) is 34.6. The number of hydrogen-bond donors (Lipinski definition) is 3. The number of amides is 1. The molecule has 9 nitrogen and oxygen atoms in total. The number of esters is 1. The van der Waals surface area contributed by atoms with Crippen molar-refractivity contribution in [3.63, 3.8) is 0 Å². The minimum Gasteiger partial charge on any atom is -0.480 e. The van der Waals surface area contributed by atoms with Gasteiger partial charge in [0.1, 0.15) is 12.3 Å². The van der Waals surface area contributed by atoms with E-state index in [4.69, 9.17) is 9.84 Å². The molecule has 0 aliphatic heterocycles. The molecule has 0 heterocycles. The summed E-state index contributed by atoms with van der Waals surface area (Å²) in [5, 5.41) is 10.9. The van der Waals surface area contributed by atoms with E-state index in [0.717, 1.165) is 0 Å². The van der Waals surface area contributed by atoms with Crippen molar-refractivity contribution in [2.45, 2.75) is 25.7 Å². The van der Waals surface area contributed by atoms with Crippen LogP contribution in [0.3, 0.4) is 0 Å². The van der Waals surface area contributed by atoms with Gasteiger partial charge in [-0.1, -0.05) is 12.1 Å². The molecule has 0 spiro atoms. The molecular weight excluding hydrogens is 435 g/mol. The maximum Gasteiger partial charge on any atom is 0.322 e. The fraction of sp³-hybridized carbons (Fsp3) is 0.250. The number of carboxylic acid groups (broad SMARTS) is 1. The van der Waals surface area contributed by atoms with Crippen LogP contribution in [-0.4, -0.2) is 67.5 Å². The van der Waals surface area contributed by atoms with Gasteiger partial charge < -0.3 is 15.2 Å². The van der Waals surface area contributed by atoms with Gasteiger partial charge >= 0.3 is 11.9 Å². The van der Waals surface area contributed by atoms with Gasteiger partial charge in [-0.2, -0.15) is 0 Å². The number of benzene rings is 2. The van der Waals surface area contributed by atoms with Crippen molar-refractivity contribution in [3.05, 3.63) is 54.1 Å². The van der Waals surface area contributed by atoms with Crippen LogP contribution in [0.5, 0.6) is 5.75 Å². The first-order chi connectivity index (χ1) is 13.9. The van der Waals surface area contributed by atoms with E-state index in [1.807, 2.05) is 0 Å². The molecule has 161 valence electrons. The summed E-state index contributed by atoms with van der Waals surface area (Å²) in [6, 6.07) is 11.0. The largest absolute Gasteiger partial charge is 0.480 e. The monoisotopic (exact) mass is 457 g/mol. The van der Waals surface area contributed by atoms with Crippen LogP contribution in [0.25, 0.3) is 0 Å². The van der Waals surface area contributed by atoms with Gasteiger partial charge in [0.05, 0.1) is 21.6 Å². The van der Waals surface area contributed by atoms with Gasteiger partial charge in [0, 0.05) is 29.6 Å². The average molecular weight is 457 g/mol. The second kappa shape index (κ2) is 10.8. The Morgan fingerprint density at radius 2 is 1.58 bits per heavy atom. The van der Waals surface area contributed by atoms with Crippen molar-refractivity contribution in [2.75, 3.05) is 11.3 Å². The Morgan fingerprint density at radius 3 is 2.13 bits per heavy atom. The Bertz CT molecular complexity index is 1060. The summed E-state index contributed by atoms with van der Waals surface area (Å²) in [6.07, 6.45) is 0. The zero-order valence-corrected chi connectivity index (χ0v) is 20.4. The summed E-state index contributed by atoms with van der Waals surface area (Å²) >= 11 is 0. The standard InChI is InChI=1S/C20H22N2O7S.Na/c1-20(2,3)19(26)29-13-8-10-14(11-9-13)30(27,28)22-16-7-5-4-6-15(16)18(25)21-12-17(23)24;/h4-11,22H,12H2,1-3H3,(H,21,25)(H,23,24);. The van der Waals surface area contributed by atoms with Gasteiger partial charge in [-0.05, 0) is 57.2 Å². The van der Waals surface area contributed by atoms with Gasteiger partial charge in [-0.25, -0.2) is 8.42 Å². The Balaban J connectivity index is 0.00000480. The van der Waals surface area contributed by atoms with Gasteiger partial charge in [-0.3, -0.25) is 19.1 Å². The van der Waals surface area contributed by atoms with E-state index < -0.39 is 39.8 Å². The molecule has 0 unspecified atom stereocenters. The second-order valence-corrected chi connectivity index (χ2v) is 9.02. The summed E-state index contributed by atoms with van der Waals surface area (Å²) in [5.74, 6) is -2.23. The Kier molecular flexibility index (Phi) is 9.25. The predicted molar refractivity (Wildman–Crippen MR) is 115 cm³/mol. The first kappa shape index (κ1) is 26.6. The molecule has 1 radical (unpaired) electrons. The van der Waals surface area contributed by atoms with Crippen LogP contribution in [0.4, 0.5) is 5.69 Å². The molecule has 0 atom stereocenters. The number of hydrogen-bond acceptors (Lipinski definition) is 6. The number of para-hydroxylation sites is 1. The third-order valence-corrected chi connectivity index (χ3v) is 5.15. The van der Waals surface area contributed by atoms with Crippen LogP contribution in [0, 0.1) is 5.41 Å². The van der Waals surface area contributed by atoms with Crippen LogP contribution in [0.1, 0.15) is 31.1 Å². The van der Waals surface area contributed by atoms with E-state index in [9.17, 15) is 22.8 Å². The number of rotatable bonds is 7. The molecular formula is C20H22N2NaO7S. The molecule has 2 aromatic rings. The number of aliphatic carboxylic acids is 1. The summed E-state index contributed by atoms with van der Waals surface area (Å²) in [5.41, 5.74) is -0.751. The van der Waals surface area contributed by atoms with Crippen LogP contribution < -0.4 is 14.8 Å².